The summed E-state index contributed by atoms with van der Waals surface area (Å²) in [4.78, 5) is 53.1. The molecule has 0 saturated carbocycles. The molecule has 0 spiro atoms. The Morgan fingerprint density at radius 1 is 1.06 bits per heavy atom. The summed E-state index contributed by atoms with van der Waals surface area (Å²) in [5.41, 5.74) is 5.56. The van der Waals surface area contributed by atoms with Gasteiger partial charge < -0.3 is 26.0 Å². The van der Waals surface area contributed by atoms with Crippen LogP contribution in [0, 0.1) is 6.92 Å². The highest BCUT2D eigenvalue weighted by molar-refractivity contribution is 5.94. The molecule has 0 radical (unpaired) electrons. The van der Waals surface area contributed by atoms with Crippen molar-refractivity contribution >= 4 is 23.8 Å². The number of amides is 4. The Bertz CT molecular complexity index is 902. The highest BCUT2D eigenvalue weighted by Gasteiger charge is 2.38. The molecule has 0 aliphatic rings. The molecule has 1 aromatic rings. The third-order valence-electron chi connectivity index (χ3n) is 4.97. The predicted octanol–water partition coefficient (Wildman–Crippen LogP) is 3.35. The van der Waals surface area contributed by atoms with Crippen LogP contribution < -0.4 is 16.4 Å². The largest absolute Gasteiger partial charge is 0.444 e. The Kier molecular flexibility index (Phi) is 10.7. The molecular weight excluding hydrogens is 448 g/mol. The van der Waals surface area contributed by atoms with Gasteiger partial charge in [0.15, 0.2) is 0 Å². The molecule has 2 unspecified atom stereocenters. The normalized spacial score (nSPS) is 13.4. The number of benzene rings is 1. The standard InChI is InChI=1S/C26H42N4O5/c1-9-10-15-30(23(33)19(16-20(27)31)28-24(34)35-26(6,7)8)21(22(32)29-25(3,4)5)18-14-12-11-13-17(18)2/h11-14,19,21H,9-10,15-16H2,1-8H3,(H2,27,31)(H,28,34)(H,29,32). The maximum Gasteiger partial charge on any atom is 0.408 e. The Morgan fingerprint density at radius 2 is 1.66 bits per heavy atom. The number of nitrogens with two attached hydrogens (primary N) is 1. The first kappa shape index (κ1) is 29.9. The molecule has 196 valence electrons. The van der Waals surface area contributed by atoms with Crippen LogP contribution in [0.25, 0.3) is 0 Å². The van der Waals surface area contributed by atoms with Crippen molar-refractivity contribution in [2.75, 3.05) is 6.54 Å². The highest BCUT2D eigenvalue weighted by Crippen LogP contribution is 2.27. The van der Waals surface area contributed by atoms with Gasteiger partial charge in [0.25, 0.3) is 0 Å². The monoisotopic (exact) mass is 490 g/mol. The average molecular weight is 491 g/mol. The van der Waals surface area contributed by atoms with Crippen LogP contribution in [0.4, 0.5) is 4.79 Å². The van der Waals surface area contributed by atoms with E-state index in [0.29, 0.717) is 12.0 Å². The van der Waals surface area contributed by atoms with Crippen LogP contribution in [0.1, 0.15) is 84.9 Å². The summed E-state index contributed by atoms with van der Waals surface area (Å²) in [5, 5.41) is 5.46. The smallest absolute Gasteiger partial charge is 0.408 e. The summed E-state index contributed by atoms with van der Waals surface area (Å²) in [7, 11) is 0. The van der Waals surface area contributed by atoms with Crippen molar-refractivity contribution in [1.29, 1.82) is 0 Å². The van der Waals surface area contributed by atoms with Crippen molar-refractivity contribution in [2.24, 2.45) is 5.73 Å². The lowest BCUT2D eigenvalue weighted by molar-refractivity contribution is -0.144. The fraction of sp³-hybridized carbons (Fsp3) is 0.615. The minimum Gasteiger partial charge on any atom is -0.444 e. The summed E-state index contributed by atoms with van der Waals surface area (Å²) >= 11 is 0. The van der Waals surface area contributed by atoms with E-state index >= 15 is 0 Å². The van der Waals surface area contributed by atoms with Gasteiger partial charge in [-0.3, -0.25) is 14.4 Å². The molecule has 0 bridgehead atoms. The van der Waals surface area contributed by atoms with Crippen LogP contribution in [0.2, 0.25) is 0 Å². The molecule has 0 heterocycles. The van der Waals surface area contributed by atoms with Gasteiger partial charge in [0.1, 0.15) is 17.7 Å². The second kappa shape index (κ2) is 12.6. The van der Waals surface area contributed by atoms with Gasteiger partial charge >= 0.3 is 6.09 Å². The number of rotatable bonds is 10. The summed E-state index contributed by atoms with van der Waals surface area (Å²) in [6.45, 7) is 14.7. The number of alkyl carbamates (subject to hydrolysis) is 1. The zero-order valence-electron chi connectivity index (χ0n) is 22.4. The molecule has 0 aromatic heterocycles. The van der Waals surface area contributed by atoms with Crippen LogP contribution in [-0.2, 0) is 19.1 Å². The van der Waals surface area contributed by atoms with E-state index in [1.165, 1.54) is 4.90 Å². The Balaban J connectivity index is 3.53. The molecule has 0 fully saturated rings. The Labute approximate surface area is 209 Å². The SMILES string of the molecule is CCCCN(C(=O)C(CC(N)=O)NC(=O)OC(C)(C)C)C(C(=O)NC(C)(C)C)c1ccccc1C. The number of nitrogens with one attached hydrogen (secondary N) is 2. The van der Waals surface area contributed by atoms with E-state index in [-0.39, 0.29) is 12.5 Å². The third-order valence-corrected chi connectivity index (χ3v) is 4.97. The van der Waals surface area contributed by atoms with Crippen molar-refractivity contribution in [3.63, 3.8) is 0 Å². The first-order valence-electron chi connectivity index (χ1n) is 12.0. The number of hydrogen-bond donors (Lipinski definition) is 3. The lowest BCUT2D eigenvalue weighted by atomic mass is 9.96. The number of carbonyl (C=O) groups is 4. The van der Waals surface area contributed by atoms with Crippen LogP contribution in [0.3, 0.4) is 0 Å². The van der Waals surface area contributed by atoms with E-state index in [4.69, 9.17) is 10.5 Å². The summed E-state index contributed by atoms with van der Waals surface area (Å²) in [6, 6.07) is 5.09. The van der Waals surface area contributed by atoms with Gasteiger partial charge in [0.05, 0.1) is 6.42 Å². The second-order valence-corrected chi connectivity index (χ2v) is 10.8. The summed E-state index contributed by atoms with van der Waals surface area (Å²) < 4.78 is 5.29. The molecular formula is C26H42N4O5. The minimum atomic E-state index is -1.28. The van der Waals surface area contributed by atoms with Gasteiger partial charge in [-0.2, -0.15) is 0 Å². The summed E-state index contributed by atoms with van der Waals surface area (Å²) in [6.07, 6.45) is 0.110. The fourth-order valence-corrected chi connectivity index (χ4v) is 3.53. The van der Waals surface area contributed by atoms with E-state index in [0.717, 1.165) is 12.0 Å². The maximum absolute atomic E-state index is 13.8. The van der Waals surface area contributed by atoms with Gasteiger partial charge in [-0.1, -0.05) is 37.6 Å². The van der Waals surface area contributed by atoms with Crippen molar-refractivity contribution in [3.05, 3.63) is 35.4 Å². The van der Waals surface area contributed by atoms with E-state index in [2.05, 4.69) is 10.6 Å². The molecule has 9 heteroatoms. The Morgan fingerprint density at radius 3 is 2.14 bits per heavy atom. The van der Waals surface area contributed by atoms with E-state index < -0.39 is 47.6 Å². The molecule has 1 aromatic carbocycles. The molecule has 1 rings (SSSR count). The lowest BCUT2D eigenvalue weighted by Gasteiger charge is -2.36. The van der Waals surface area contributed by atoms with Crippen LogP contribution in [0.5, 0.6) is 0 Å². The molecule has 35 heavy (non-hydrogen) atoms. The second-order valence-electron chi connectivity index (χ2n) is 10.8. The molecule has 0 saturated heterocycles. The first-order chi connectivity index (χ1) is 16.1. The molecule has 0 aliphatic heterocycles. The number of hydrogen-bond acceptors (Lipinski definition) is 5. The van der Waals surface area contributed by atoms with Crippen LogP contribution >= 0.6 is 0 Å². The van der Waals surface area contributed by atoms with Crippen molar-refractivity contribution < 1.29 is 23.9 Å². The fourth-order valence-electron chi connectivity index (χ4n) is 3.53. The van der Waals surface area contributed by atoms with E-state index in [1.807, 2.05) is 52.8 Å². The zero-order chi connectivity index (χ0) is 27.0. The number of ether oxygens (including phenoxy) is 1. The van der Waals surface area contributed by atoms with Crippen LogP contribution in [0.15, 0.2) is 24.3 Å². The van der Waals surface area contributed by atoms with Crippen molar-refractivity contribution in [1.82, 2.24) is 15.5 Å². The molecule has 9 nitrogen and oxygen atoms in total. The van der Waals surface area contributed by atoms with Crippen molar-refractivity contribution in [3.8, 4) is 0 Å². The lowest BCUT2D eigenvalue weighted by Crippen LogP contribution is -2.55. The number of nitrogens with zero attached hydrogens (tertiary/aromatic N) is 1. The summed E-state index contributed by atoms with van der Waals surface area (Å²) in [5.74, 6) is -1.70. The van der Waals surface area contributed by atoms with E-state index in [9.17, 15) is 19.2 Å². The number of unbranched alkanes of at least 4 members (excludes halogenated alkanes) is 1. The molecule has 0 aliphatic carbocycles. The average Bonchev–Trinajstić information content (AvgIpc) is 2.68. The number of aryl methyl sites for hydroxylation is 1. The number of primary amides is 1. The van der Waals surface area contributed by atoms with Gasteiger partial charge in [0.2, 0.25) is 17.7 Å². The van der Waals surface area contributed by atoms with Gasteiger partial charge in [0, 0.05) is 12.1 Å². The molecule has 2 atom stereocenters. The van der Waals surface area contributed by atoms with Crippen LogP contribution in [-0.4, -0.2) is 52.4 Å². The van der Waals surface area contributed by atoms with Gasteiger partial charge in [-0.15, -0.1) is 0 Å². The highest BCUT2D eigenvalue weighted by atomic mass is 16.6. The first-order valence-corrected chi connectivity index (χ1v) is 12.0. The number of carbonyl (C=O) groups excluding carboxylic acids is 4. The predicted molar refractivity (Wildman–Crippen MR) is 135 cm³/mol. The zero-order valence-corrected chi connectivity index (χ0v) is 22.4. The minimum absolute atomic E-state index is 0.247. The van der Waals surface area contributed by atoms with Crippen molar-refractivity contribution in [2.45, 2.75) is 97.9 Å². The van der Waals surface area contributed by atoms with Gasteiger partial charge in [-0.25, -0.2) is 4.79 Å². The topological polar surface area (TPSA) is 131 Å². The molecule has 4 N–H and O–H groups in total. The quantitative estimate of drug-likeness (QED) is 0.463. The maximum atomic E-state index is 13.8. The van der Waals surface area contributed by atoms with Gasteiger partial charge in [-0.05, 0) is 66.0 Å². The Hall–Kier alpha value is -3.10. The molecule has 4 amide bonds. The van der Waals surface area contributed by atoms with E-state index in [1.54, 1.807) is 26.8 Å². The third kappa shape index (κ3) is 10.4.